The van der Waals surface area contributed by atoms with Crippen molar-refractivity contribution in [3.05, 3.63) is 70.2 Å². The normalized spacial score (nSPS) is 15.1. The van der Waals surface area contributed by atoms with E-state index in [0.29, 0.717) is 5.56 Å². The Morgan fingerprint density at radius 2 is 1.64 bits per heavy atom. The third-order valence-corrected chi connectivity index (χ3v) is 4.50. The highest BCUT2D eigenvalue weighted by Gasteiger charge is 2.52. The topological polar surface area (TPSA) is 43.4 Å². The first-order chi connectivity index (χ1) is 10.6. The van der Waals surface area contributed by atoms with Crippen molar-refractivity contribution >= 4 is 27.7 Å². The highest BCUT2D eigenvalue weighted by atomic mass is 79.9. The van der Waals surface area contributed by atoms with E-state index in [0.717, 1.165) is 22.9 Å². The maximum Gasteiger partial charge on any atom is 0.317 e. The van der Waals surface area contributed by atoms with Crippen molar-refractivity contribution in [2.45, 2.75) is 18.3 Å². The zero-order valence-corrected chi connectivity index (χ0v) is 13.5. The van der Waals surface area contributed by atoms with Crippen LogP contribution in [0, 0.1) is 0 Å². The van der Waals surface area contributed by atoms with Crippen LogP contribution in [0.5, 0.6) is 0 Å². The van der Waals surface area contributed by atoms with Gasteiger partial charge in [0, 0.05) is 10.0 Å². The molecule has 0 saturated heterocycles. The largest absolute Gasteiger partial charge is 0.457 e. The lowest BCUT2D eigenvalue weighted by molar-refractivity contribution is -0.145. The van der Waals surface area contributed by atoms with Crippen LogP contribution in [0.1, 0.15) is 28.8 Å². The van der Waals surface area contributed by atoms with Crippen molar-refractivity contribution in [3.63, 3.8) is 0 Å². The molecule has 2 aromatic rings. The van der Waals surface area contributed by atoms with Crippen molar-refractivity contribution in [2.24, 2.45) is 0 Å². The minimum atomic E-state index is -0.540. The van der Waals surface area contributed by atoms with Gasteiger partial charge in [0.25, 0.3) is 0 Å². The summed E-state index contributed by atoms with van der Waals surface area (Å²) in [5.41, 5.74) is 0.970. The van der Waals surface area contributed by atoms with E-state index < -0.39 is 5.41 Å². The molecule has 22 heavy (non-hydrogen) atoms. The summed E-state index contributed by atoms with van der Waals surface area (Å²) in [5.74, 6) is -0.492. The van der Waals surface area contributed by atoms with Crippen LogP contribution in [0.15, 0.2) is 59.1 Å². The Balaban J connectivity index is 1.63. The smallest absolute Gasteiger partial charge is 0.317 e. The second kappa shape index (κ2) is 6.05. The zero-order chi connectivity index (χ0) is 15.6. The molecule has 0 spiro atoms. The molecule has 3 rings (SSSR count). The van der Waals surface area contributed by atoms with E-state index in [1.54, 1.807) is 24.3 Å². The van der Waals surface area contributed by atoms with E-state index in [4.69, 9.17) is 4.74 Å². The number of esters is 1. The average Bonchev–Trinajstić information content (AvgIpc) is 3.36. The molecule has 0 aliphatic heterocycles. The Labute approximate surface area is 137 Å². The molecule has 1 fully saturated rings. The number of Topliss-reactive ketones (excluding diaryl/α,β-unsaturated/α-hetero) is 1. The number of carbonyl (C=O) groups is 2. The van der Waals surface area contributed by atoms with Crippen LogP contribution in [-0.4, -0.2) is 18.4 Å². The molecule has 1 saturated carbocycles. The molecule has 2 aromatic carbocycles. The molecule has 0 heterocycles. The molecule has 0 radical (unpaired) electrons. The van der Waals surface area contributed by atoms with Crippen molar-refractivity contribution in [1.82, 2.24) is 0 Å². The molecule has 1 aliphatic rings. The summed E-state index contributed by atoms with van der Waals surface area (Å²) < 4.78 is 6.17. The molecule has 112 valence electrons. The molecule has 4 heteroatoms. The number of hydrogen-bond donors (Lipinski definition) is 0. The predicted octanol–water partition coefficient (Wildman–Crippen LogP) is 3.91. The van der Waals surface area contributed by atoms with Crippen molar-refractivity contribution in [3.8, 4) is 0 Å². The first kappa shape index (κ1) is 15.0. The fourth-order valence-corrected chi connectivity index (χ4v) is 2.75. The summed E-state index contributed by atoms with van der Waals surface area (Å²) in [7, 11) is 0. The second-order valence-electron chi connectivity index (χ2n) is 5.45. The predicted molar refractivity (Wildman–Crippen MR) is 86.8 cm³/mol. The standard InChI is InChI=1S/C18H15BrO3/c19-15-8-6-13(7-9-15)16(20)12-22-17(21)18(10-11-18)14-4-2-1-3-5-14/h1-9H,10-12H2. The van der Waals surface area contributed by atoms with Gasteiger partial charge in [-0.15, -0.1) is 0 Å². The van der Waals surface area contributed by atoms with Gasteiger partial charge in [0.05, 0.1) is 5.41 Å². The summed E-state index contributed by atoms with van der Waals surface area (Å²) in [4.78, 5) is 24.4. The van der Waals surface area contributed by atoms with E-state index in [2.05, 4.69) is 15.9 Å². The molecular weight excluding hydrogens is 344 g/mol. The molecular formula is C18H15BrO3. The molecule has 0 aromatic heterocycles. The van der Waals surface area contributed by atoms with Crippen molar-refractivity contribution < 1.29 is 14.3 Å². The Kier molecular flexibility index (Phi) is 4.12. The minimum Gasteiger partial charge on any atom is -0.457 e. The van der Waals surface area contributed by atoms with E-state index >= 15 is 0 Å². The number of rotatable bonds is 5. The van der Waals surface area contributed by atoms with E-state index in [1.165, 1.54) is 0 Å². The summed E-state index contributed by atoms with van der Waals surface area (Å²) in [6.07, 6.45) is 1.56. The molecule has 0 N–H and O–H groups in total. The Hall–Kier alpha value is -1.94. The lowest BCUT2D eigenvalue weighted by Gasteiger charge is -2.14. The molecule has 0 bridgehead atoms. The van der Waals surface area contributed by atoms with Gasteiger partial charge in [-0.3, -0.25) is 9.59 Å². The fourth-order valence-electron chi connectivity index (χ4n) is 2.48. The molecule has 0 atom stereocenters. The average molecular weight is 359 g/mol. The van der Waals surface area contributed by atoms with Gasteiger partial charge in [-0.2, -0.15) is 0 Å². The number of ether oxygens (including phenoxy) is 1. The Morgan fingerprint density at radius 1 is 1.00 bits per heavy atom. The number of halogens is 1. The Bertz CT molecular complexity index is 688. The molecule has 1 aliphatic carbocycles. The van der Waals surface area contributed by atoms with Crippen molar-refractivity contribution in [1.29, 1.82) is 0 Å². The highest BCUT2D eigenvalue weighted by Crippen LogP contribution is 2.49. The van der Waals surface area contributed by atoms with Gasteiger partial charge >= 0.3 is 5.97 Å². The van der Waals surface area contributed by atoms with Crippen LogP contribution in [0.3, 0.4) is 0 Å². The van der Waals surface area contributed by atoms with Crippen LogP contribution >= 0.6 is 15.9 Å². The highest BCUT2D eigenvalue weighted by molar-refractivity contribution is 9.10. The van der Waals surface area contributed by atoms with Crippen LogP contribution in [-0.2, 0) is 14.9 Å². The van der Waals surface area contributed by atoms with E-state index in [9.17, 15) is 9.59 Å². The van der Waals surface area contributed by atoms with Crippen LogP contribution in [0.25, 0.3) is 0 Å². The number of carbonyl (C=O) groups excluding carboxylic acids is 2. The zero-order valence-electron chi connectivity index (χ0n) is 11.9. The van der Waals surface area contributed by atoms with Gasteiger partial charge in [0.1, 0.15) is 0 Å². The summed E-state index contributed by atoms with van der Waals surface area (Å²) >= 11 is 3.32. The van der Waals surface area contributed by atoms with Crippen LogP contribution in [0.4, 0.5) is 0 Å². The molecule has 0 amide bonds. The minimum absolute atomic E-state index is 0.190. The van der Waals surface area contributed by atoms with Crippen molar-refractivity contribution in [2.75, 3.05) is 6.61 Å². The third-order valence-electron chi connectivity index (χ3n) is 3.97. The van der Waals surface area contributed by atoms with Gasteiger partial charge in [0.15, 0.2) is 12.4 Å². The fraction of sp³-hybridized carbons (Fsp3) is 0.222. The summed E-state index contributed by atoms with van der Waals surface area (Å²) in [6, 6.07) is 16.6. The third kappa shape index (κ3) is 2.97. The number of hydrogen-bond acceptors (Lipinski definition) is 3. The Morgan fingerprint density at radius 3 is 2.23 bits per heavy atom. The van der Waals surface area contributed by atoms with Crippen LogP contribution < -0.4 is 0 Å². The molecule has 3 nitrogen and oxygen atoms in total. The van der Waals surface area contributed by atoms with E-state index in [1.807, 2.05) is 30.3 Å². The van der Waals surface area contributed by atoms with E-state index in [-0.39, 0.29) is 18.4 Å². The van der Waals surface area contributed by atoms with Gasteiger partial charge in [0.2, 0.25) is 0 Å². The first-order valence-corrected chi connectivity index (χ1v) is 7.93. The lowest BCUT2D eigenvalue weighted by Crippen LogP contribution is -2.25. The maximum absolute atomic E-state index is 12.3. The second-order valence-corrected chi connectivity index (χ2v) is 6.37. The van der Waals surface area contributed by atoms with Gasteiger partial charge in [-0.1, -0.05) is 58.4 Å². The first-order valence-electron chi connectivity index (χ1n) is 7.13. The van der Waals surface area contributed by atoms with Crippen LogP contribution in [0.2, 0.25) is 0 Å². The summed E-state index contributed by atoms with van der Waals surface area (Å²) in [5, 5.41) is 0. The summed E-state index contributed by atoms with van der Waals surface area (Å²) in [6.45, 7) is -0.213. The molecule has 0 unspecified atom stereocenters. The lowest BCUT2D eigenvalue weighted by atomic mass is 9.96. The number of ketones is 1. The quantitative estimate of drug-likeness (QED) is 0.601. The monoisotopic (exact) mass is 358 g/mol. The van der Waals surface area contributed by atoms with Gasteiger partial charge in [-0.05, 0) is 30.5 Å². The maximum atomic E-state index is 12.3. The van der Waals surface area contributed by atoms with Gasteiger partial charge in [-0.25, -0.2) is 0 Å². The SMILES string of the molecule is O=C(COC(=O)C1(c2ccccc2)CC1)c1ccc(Br)cc1. The number of benzene rings is 2. The van der Waals surface area contributed by atoms with Gasteiger partial charge < -0.3 is 4.74 Å².